The topological polar surface area (TPSA) is 83.8 Å². The Bertz CT molecular complexity index is 247. The van der Waals surface area contributed by atoms with E-state index in [0.717, 1.165) is 0 Å². The predicted octanol–water partition coefficient (Wildman–Crippen LogP) is 1.39. The largest absolute Gasteiger partial charge is 0.466 e. The summed E-state index contributed by atoms with van der Waals surface area (Å²) in [4.78, 5) is 28.6. The molecule has 0 amide bonds. The van der Waals surface area contributed by atoms with Gasteiger partial charge in [-0.1, -0.05) is 13.8 Å². The third-order valence-corrected chi connectivity index (χ3v) is 3.34. The summed E-state index contributed by atoms with van der Waals surface area (Å²) in [5.41, 5.74) is 0. The normalized spacial score (nSPS) is 15.8. The minimum Gasteiger partial charge on any atom is -0.466 e. The number of hydrogen-bond donors (Lipinski definition) is 2. The van der Waals surface area contributed by atoms with E-state index < -0.39 is 7.60 Å². The lowest BCUT2D eigenvalue weighted by Gasteiger charge is -2.19. The molecular formula is C9H19O5P. The summed E-state index contributed by atoms with van der Waals surface area (Å²) < 4.78 is 15.5. The van der Waals surface area contributed by atoms with Gasteiger partial charge in [0.05, 0.1) is 12.8 Å². The fourth-order valence-electron chi connectivity index (χ4n) is 1.24. The minimum atomic E-state index is -3.99. The molecule has 0 fully saturated rings. The molecule has 0 bridgehead atoms. The summed E-state index contributed by atoms with van der Waals surface area (Å²) in [6, 6.07) is 0. The van der Waals surface area contributed by atoms with Gasteiger partial charge in [0.2, 0.25) is 0 Å². The molecule has 0 rings (SSSR count). The maximum atomic E-state index is 11.1. The highest BCUT2D eigenvalue weighted by atomic mass is 31.2. The number of ether oxygens (including phenoxy) is 1. The molecule has 2 N–H and O–H groups in total. The van der Waals surface area contributed by atoms with Crippen molar-refractivity contribution < 1.29 is 23.9 Å². The predicted molar refractivity (Wildman–Crippen MR) is 56.5 cm³/mol. The van der Waals surface area contributed by atoms with E-state index in [1.807, 2.05) is 0 Å². The lowest BCUT2D eigenvalue weighted by atomic mass is 9.95. The number of esters is 1. The molecule has 0 aliphatic rings. The van der Waals surface area contributed by atoms with E-state index in [0.29, 0.717) is 6.61 Å². The molecule has 0 aliphatic heterocycles. The van der Waals surface area contributed by atoms with Crippen LogP contribution < -0.4 is 0 Å². The highest BCUT2D eigenvalue weighted by Gasteiger charge is 2.24. The molecule has 0 radical (unpaired) electrons. The molecule has 0 aliphatic carbocycles. The van der Waals surface area contributed by atoms with E-state index in [2.05, 4.69) is 0 Å². The molecular weight excluding hydrogens is 219 g/mol. The van der Waals surface area contributed by atoms with E-state index >= 15 is 0 Å². The van der Waals surface area contributed by atoms with Gasteiger partial charge in [0, 0.05) is 6.42 Å². The standard InChI is InChI=1S/C9H19O5P/c1-4-14-9(10)5-7(2)8(3)6-15(11,12)13/h7-8H,4-6H2,1-3H3,(H2,11,12,13). The fraction of sp³-hybridized carbons (Fsp3) is 0.889. The molecule has 0 saturated heterocycles. The molecule has 90 valence electrons. The Kier molecular flexibility index (Phi) is 6.10. The van der Waals surface area contributed by atoms with Crippen LogP contribution in [0.2, 0.25) is 0 Å². The van der Waals surface area contributed by atoms with E-state index in [-0.39, 0.29) is 30.4 Å². The SMILES string of the molecule is CCOC(=O)CC(C)C(C)CP(=O)(O)O. The van der Waals surface area contributed by atoms with Crippen LogP contribution in [-0.4, -0.2) is 28.5 Å². The van der Waals surface area contributed by atoms with E-state index in [1.165, 1.54) is 0 Å². The summed E-state index contributed by atoms with van der Waals surface area (Å²) in [7, 11) is -3.99. The molecule has 0 spiro atoms. The lowest BCUT2D eigenvalue weighted by Crippen LogP contribution is -2.18. The first kappa shape index (κ1) is 14.6. The van der Waals surface area contributed by atoms with Crippen LogP contribution in [0.25, 0.3) is 0 Å². The summed E-state index contributed by atoms with van der Waals surface area (Å²) in [5.74, 6) is -0.602. The van der Waals surface area contributed by atoms with Crippen LogP contribution in [0.15, 0.2) is 0 Å². The van der Waals surface area contributed by atoms with Crippen molar-refractivity contribution in [2.45, 2.75) is 27.2 Å². The summed E-state index contributed by atoms with van der Waals surface area (Å²) in [6.07, 6.45) is 0.0164. The van der Waals surface area contributed by atoms with Gasteiger partial charge in [0.25, 0.3) is 0 Å². The van der Waals surface area contributed by atoms with E-state index in [9.17, 15) is 9.36 Å². The molecule has 0 aromatic carbocycles. The smallest absolute Gasteiger partial charge is 0.325 e. The van der Waals surface area contributed by atoms with Crippen LogP contribution >= 0.6 is 7.60 Å². The lowest BCUT2D eigenvalue weighted by molar-refractivity contribution is -0.144. The van der Waals surface area contributed by atoms with Crippen LogP contribution in [0.1, 0.15) is 27.2 Å². The molecule has 15 heavy (non-hydrogen) atoms. The Balaban J connectivity index is 4.04. The highest BCUT2D eigenvalue weighted by molar-refractivity contribution is 7.51. The van der Waals surface area contributed by atoms with E-state index in [1.54, 1.807) is 20.8 Å². The zero-order chi connectivity index (χ0) is 12.1. The third-order valence-electron chi connectivity index (χ3n) is 2.29. The molecule has 0 saturated carbocycles. The molecule has 2 atom stereocenters. The average Bonchev–Trinajstić information content (AvgIpc) is 2.00. The van der Waals surface area contributed by atoms with Crippen molar-refractivity contribution in [3.05, 3.63) is 0 Å². The van der Waals surface area contributed by atoms with Gasteiger partial charge >= 0.3 is 13.6 Å². The number of carbonyl (C=O) groups is 1. The third kappa shape index (κ3) is 7.54. The van der Waals surface area contributed by atoms with Crippen LogP contribution in [0.4, 0.5) is 0 Å². The number of rotatable bonds is 6. The molecule has 0 aromatic heterocycles. The van der Waals surface area contributed by atoms with Crippen LogP contribution in [0, 0.1) is 11.8 Å². The van der Waals surface area contributed by atoms with Crippen molar-refractivity contribution in [1.82, 2.24) is 0 Å². The van der Waals surface area contributed by atoms with Crippen molar-refractivity contribution in [3.63, 3.8) is 0 Å². The molecule has 0 aromatic rings. The molecule has 0 heterocycles. The van der Waals surface area contributed by atoms with Crippen LogP contribution in [0.3, 0.4) is 0 Å². The van der Waals surface area contributed by atoms with Crippen LogP contribution in [-0.2, 0) is 14.1 Å². The van der Waals surface area contributed by atoms with Gasteiger partial charge in [0.15, 0.2) is 0 Å². The minimum absolute atomic E-state index is 0.0864. The monoisotopic (exact) mass is 238 g/mol. The number of hydrogen-bond acceptors (Lipinski definition) is 3. The Morgan fingerprint density at radius 3 is 2.27 bits per heavy atom. The van der Waals surface area contributed by atoms with Gasteiger partial charge in [0.1, 0.15) is 0 Å². The van der Waals surface area contributed by atoms with Gasteiger partial charge in [-0.15, -0.1) is 0 Å². The van der Waals surface area contributed by atoms with Crippen molar-refractivity contribution in [3.8, 4) is 0 Å². The molecule has 2 unspecified atom stereocenters. The van der Waals surface area contributed by atoms with Crippen molar-refractivity contribution >= 4 is 13.6 Å². The quantitative estimate of drug-likeness (QED) is 0.539. The first-order valence-electron chi connectivity index (χ1n) is 4.96. The molecule has 6 heteroatoms. The Labute approximate surface area is 90.0 Å². The van der Waals surface area contributed by atoms with Crippen molar-refractivity contribution in [2.24, 2.45) is 11.8 Å². The Hall–Kier alpha value is -0.380. The first-order chi connectivity index (χ1) is 6.76. The second-order valence-electron chi connectivity index (χ2n) is 3.81. The van der Waals surface area contributed by atoms with Crippen molar-refractivity contribution in [2.75, 3.05) is 12.8 Å². The summed E-state index contributed by atoms with van der Waals surface area (Å²) >= 11 is 0. The first-order valence-corrected chi connectivity index (χ1v) is 6.76. The van der Waals surface area contributed by atoms with Crippen LogP contribution in [0.5, 0.6) is 0 Å². The highest BCUT2D eigenvalue weighted by Crippen LogP contribution is 2.39. The zero-order valence-corrected chi connectivity index (χ0v) is 10.2. The maximum absolute atomic E-state index is 11.1. The second kappa shape index (κ2) is 6.26. The van der Waals surface area contributed by atoms with Gasteiger partial charge in [-0.2, -0.15) is 0 Å². The van der Waals surface area contributed by atoms with Gasteiger partial charge in [-0.3, -0.25) is 9.36 Å². The average molecular weight is 238 g/mol. The Morgan fingerprint density at radius 1 is 1.33 bits per heavy atom. The maximum Gasteiger partial charge on any atom is 0.325 e. The van der Waals surface area contributed by atoms with E-state index in [4.69, 9.17) is 14.5 Å². The second-order valence-corrected chi connectivity index (χ2v) is 5.51. The summed E-state index contributed by atoms with van der Waals surface area (Å²) in [5, 5.41) is 0. The van der Waals surface area contributed by atoms with Gasteiger partial charge in [-0.25, -0.2) is 0 Å². The summed E-state index contributed by atoms with van der Waals surface area (Å²) in [6.45, 7) is 5.57. The molecule has 5 nitrogen and oxygen atoms in total. The Morgan fingerprint density at radius 2 is 1.87 bits per heavy atom. The van der Waals surface area contributed by atoms with Gasteiger partial charge < -0.3 is 14.5 Å². The van der Waals surface area contributed by atoms with Gasteiger partial charge in [-0.05, 0) is 18.8 Å². The van der Waals surface area contributed by atoms with Crippen molar-refractivity contribution in [1.29, 1.82) is 0 Å². The fourth-order valence-corrected chi connectivity index (χ4v) is 2.35. The zero-order valence-electron chi connectivity index (χ0n) is 9.34. The number of carbonyl (C=O) groups excluding carboxylic acids is 1.